The van der Waals surface area contributed by atoms with Gasteiger partial charge in [-0.05, 0) is 53.4 Å². The summed E-state index contributed by atoms with van der Waals surface area (Å²) in [7, 11) is 2.02. The van der Waals surface area contributed by atoms with Crippen molar-refractivity contribution in [3.8, 4) is 0 Å². The number of rotatable bonds is 16. The Balaban J connectivity index is 6.26. The van der Waals surface area contributed by atoms with Gasteiger partial charge in [0, 0.05) is 13.2 Å². The molecule has 0 aliphatic rings. The summed E-state index contributed by atoms with van der Waals surface area (Å²) in [6.07, 6.45) is -7.33. The van der Waals surface area contributed by atoms with Crippen molar-refractivity contribution in [2.45, 2.75) is 107 Å². The summed E-state index contributed by atoms with van der Waals surface area (Å²) >= 11 is 0. The van der Waals surface area contributed by atoms with Gasteiger partial charge in [0.15, 0.2) is 0 Å². The van der Waals surface area contributed by atoms with Gasteiger partial charge in [0.2, 0.25) is 0 Å². The first-order chi connectivity index (χ1) is 19.8. The summed E-state index contributed by atoms with van der Waals surface area (Å²) in [6.45, 7) is 5.03. The van der Waals surface area contributed by atoms with Gasteiger partial charge in [-0.3, -0.25) is 0 Å². The minimum absolute atomic E-state index is 0.209. The van der Waals surface area contributed by atoms with Gasteiger partial charge in [0.05, 0.1) is 12.7 Å². The van der Waals surface area contributed by atoms with Crippen molar-refractivity contribution in [2.24, 2.45) is 0 Å². The molecule has 0 N–H and O–H groups in total. The Hall–Kier alpha value is -2.67. The highest BCUT2D eigenvalue weighted by Crippen LogP contribution is 2.62. The number of allylic oxidation sites excluding steroid dienone is 3. The molecule has 0 saturated carbocycles. The van der Waals surface area contributed by atoms with Gasteiger partial charge >= 0.3 is 53.7 Å². The monoisotopic (exact) mass is 694 g/mol. The van der Waals surface area contributed by atoms with E-state index < -0.39 is 71.8 Å². The third-order valence-corrected chi connectivity index (χ3v) is 6.53. The molecule has 0 aromatic heterocycles. The molecule has 0 rings (SSSR count). The van der Waals surface area contributed by atoms with E-state index in [1.807, 2.05) is 0 Å². The molecule has 0 amide bonds. The maximum absolute atomic E-state index is 14.4. The molecule has 0 fully saturated rings. The van der Waals surface area contributed by atoms with Crippen LogP contribution < -0.4 is 0 Å². The molecule has 0 aliphatic heterocycles. The summed E-state index contributed by atoms with van der Waals surface area (Å²) < 4.78 is 216. The van der Waals surface area contributed by atoms with Crippen LogP contribution in [-0.2, 0) is 23.8 Å². The highest BCUT2D eigenvalue weighted by molar-refractivity contribution is 5.82. The number of methoxy groups -OCH3 is 2. The molecular weight excluding hydrogens is 665 g/mol. The van der Waals surface area contributed by atoms with Crippen LogP contribution in [0.15, 0.2) is 23.3 Å². The fraction of sp³-hybridized carbons (Fsp3) is 0.760. The Bertz CT molecular complexity index is 1110. The minimum Gasteiger partial charge on any atom is -0.466 e. The van der Waals surface area contributed by atoms with Gasteiger partial charge in [0.1, 0.15) is 6.10 Å². The average Bonchev–Trinajstić information content (AvgIpc) is 2.89. The zero-order chi connectivity index (χ0) is 36.3. The number of ether oxygens (including phenoxy) is 3. The second-order valence-electron chi connectivity index (χ2n) is 10.3. The lowest BCUT2D eigenvalue weighted by Crippen LogP contribution is -2.73. The molecule has 0 radical (unpaired) electrons. The lowest BCUT2D eigenvalue weighted by Gasteiger charge is -2.41. The Kier molecular flexibility index (Phi) is 13.2. The summed E-state index contributed by atoms with van der Waals surface area (Å²) in [5.41, 5.74) is -0.913. The van der Waals surface area contributed by atoms with E-state index in [9.17, 15) is 75.4 Å². The molecule has 0 aromatic rings. The predicted molar refractivity (Wildman–Crippen MR) is 125 cm³/mol. The molecule has 264 valence electrons. The maximum Gasteiger partial charge on any atom is 0.460 e. The zero-order valence-corrected chi connectivity index (χ0v) is 24.3. The van der Waals surface area contributed by atoms with E-state index in [4.69, 9.17) is 4.74 Å². The van der Waals surface area contributed by atoms with E-state index in [-0.39, 0.29) is 12.8 Å². The van der Waals surface area contributed by atoms with E-state index in [0.717, 1.165) is 28.1 Å². The van der Waals surface area contributed by atoms with Crippen LogP contribution in [0.5, 0.6) is 0 Å². The van der Waals surface area contributed by atoms with Crippen LogP contribution >= 0.6 is 0 Å². The van der Waals surface area contributed by atoms with Crippen LogP contribution in [0.2, 0.25) is 0 Å². The number of carbonyl (C=O) groups excluding carboxylic acids is 2. The summed E-state index contributed by atoms with van der Waals surface area (Å²) in [5.74, 6) is -53.1. The first kappa shape index (κ1) is 42.3. The molecule has 20 heteroatoms. The number of alkyl halides is 15. The first-order valence-electron chi connectivity index (χ1n) is 12.3. The van der Waals surface area contributed by atoms with Crippen molar-refractivity contribution >= 4 is 11.9 Å². The molecule has 0 spiro atoms. The van der Waals surface area contributed by atoms with Crippen LogP contribution in [0, 0.1) is 0 Å². The number of hydrogen-bond donors (Lipinski definition) is 0. The molecule has 0 aromatic carbocycles. The Labute approximate surface area is 246 Å². The third-order valence-electron chi connectivity index (χ3n) is 6.53. The standard InChI is InChI=1S/C25H29F15O5/c1-13(8-7-9-14(2)12-16(41)43-5)10-11-15(18(3,4)44-6)45-17(42)19(26,27)20(28,29)21(30,31)22(32,33)23(34,35)24(36,37)25(38,39)40/h8,12,15H,7,9-11H2,1-6H3/b13-8+,14-12+. The fourth-order valence-corrected chi connectivity index (χ4v) is 3.32. The number of hydrogen-bond acceptors (Lipinski definition) is 5. The molecule has 0 heterocycles. The van der Waals surface area contributed by atoms with Crippen molar-refractivity contribution in [1.82, 2.24) is 0 Å². The van der Waals surface area contributed by atoms with E-state index in [1.165, 1.54) is 19.1 Å². The minimum atomic E-state index is -8.52. The SMILES string of the molecule is COC(=O)/C=C(\C)CC/C=C(\C)CCC(OC(=O)C(F)(F)C(F)(F)C(F)(F)C(F)(F)C(F)(F)C(F)(F)C(F)(F)F)C(C)(C)OC. The summed E-state index contributed by atoms with van der Waals surface area (Å²) in [4.78, 5) is 23.2. The van der Waals surface area contributed by atoms with Gasteiger partial charge in [0.25, 0.3) is 0 Å². The highest BCUT2D eigenvalue weighted by atomic mass is 19.4. The third kappa shape index (κ3) is 8.38. The van der Waals surface area contributed by atoms with Gasteiger partial charge in [-0.25, -0.2) is 9.59 Å². The topological polar surface area (TPSA) is 61.8 Å². The van der Waals surface area contributed by atoms with Gasteiger partial charge in [-0.15, -0.1) is 0 Å². The van der Waals surface area contributed by atoms with Crippen LogP contribution in [-0.4, -0.2) is 79.6 Å². The quantitative estimate of drug-likeness (QED) is 0.0704. The Morgan fingerprint density at radius 2 is 1.11 bits per heavy atom. The largest absolute Gasteiger partial charge is 0.466 e. The Morgan fingerprint density at radius 1 is 0.667 bits per heavy atom. The van der Waals surface area contributed by atoms with Crippen molar-refractivity contribution < 1.29 is 89.7 Å². The van der Waals surface area contributed by atoms with Gasteiger partial charge < -0.3 is 14.2 Å². The normalized spacial score (nSPS) is 16.0. The molecule has 1 unspecified atom stereocenters. The lowest BCUT2D eigenvalue weighted by atomic mass is 9.90. The maximum atomic E-state index is 14.4. The van der Waals surface area contributed by atoms with Crippen molar-refractivity contribution in [3.05, 3.63) is 23.3 Å². The number of carbonyl (C=O) groups is 2. The van der Waals surface area contributed by atoms with Crippen molar-refractivity contribution in [3.63, 3.8) is 0 Å². The predicted octanol–water partition coefficient (Wildman–Crippen LogP) is 8.32. The molecule has 0 aliphatic carbocycles. The van der Waals surface area contributed by atoms with Gasteiger partial charge in [-0.1, -0.05) is 17.2 Å². The molecule has 0 saturated heterocycles. The average molecular weight is 694 g/mol. The van der Waals surface area contributed by atoms with E-state index >= 15 is 0 Å². The molecule has 5 nitrogen and oxygen atoms in total. The van der Waals surface area contributed by atoms with Crippen LogP contribution in [0.4, 0.5) is 65.9 Å². The highest BCUT2D eigenvalue weighted by Gasteiger charge is 2.94. The van der Waals surface area contributed by atoms with E-state index in [1.54, 1.807) is 6.92 Å². The van der Waals surface area contributed by atoms with Gasteiger partial charge in [-0.2, -0.15) is 65.9 Å². The fourth-order valence-electron chi connectivity index (χ4n) is 3.32. The van der Waals surface area contributed by atoms with Crippen LogP contribution in [0.1, 0.15) is 53.4 Å². The van der Waals surface area contributed by atoms with Crippen molar-refractivity contribution in [2.75, 3.05) is 14.2 Å². The molecule has 1 atom stereocenters. The zero-order valence-electron chi connectivity index (χ0n) is 24.3. The molecular formula is C25H29F15O5. The number of halogens is 15. The summed E-state index contributed by atoms with van der Waals surface area (Å²) in [6, 6.07) is 0. The second kappa shape index (κ2) is 14.0. The van der Waals surface area contributed by atoms with E-state index in [2.05, 4.69) is 9.47 Å². The van der Waals surface area contributed by atoms with E-state index in [0.29, 0.717) is 17.6 Å². The number of esters is 2. The molecule has 0 bridgehead atoms. The summed E-state index contributed by atoms with van der Waals surface area (Å²) in [5, 5.41) is 0. The smallest absolute Gasteiger partial charge is 0.460 e. The van der Waals surface area contributed by atoms with Crippen molar-refractivity contribution in [1.29, 1.82) is 0 Å². The first-order valence-corrected chi connectivity index (χ1v) is 12.3. The second-order valence-corrected chi connectivity index (χ2v) is 10.3. The Morgan fingerprint density at radius 3 is 1.53 bits per heavy atom. The molecule has 45 heavy (non-hydrogen) atoms. The van der Waals surface area contributed by atoms with Crippen LogP contribution in [0.25, 0.3) is 0 Å². The van der Waals surface area contributed by atoms with Crippen LogP contribution in [0.3, 0.4) is 0 Å². The lowest BCUT2D eigenvalue weighted by molar-refractivity contribution is -0.450.